The monoisotopic (exact) mass is 420 g/mol. The zero-order valence-corrected chi connectivity index (χ0v) is 16.0. The number of allylic oxidation sites excluding steroid dienone is 1. The van der Waals surface area contributed by atoms with Crippen LogP contribution in [0.2, 0.25) is 0 Å². The van der Waals surface area contributed by atoms with Gasteiger partial charge in [-0.1, -0.05) is 42.5 Å². The first kappa shape index (κ1) is 20.3. The number of alkyl halides is 3. The van der Waals surface area contributed by atoms with Crippen LogP contribution in [0.3, 0.4) is 0 Å². The lowest BCUT2D eigenvalue weighted by atomic mass is 10.0. The van der Waals surface area contributed by atoms with Crippen molar-refractivity contribution in [2.45, 2.75) is 6.36 Å². The first-order valence-corrected chi connectivity index (χ1v) is 9.27. The number of ketones is 1. The maximum Gasteiger partial charge on any atom is 0.573 e. The molecule has 4 rings (SSSR count). The van der Waals surface area contributed by atoms with E-state index in [0.717, 1.165) is 16.6 Å². The van der Waals surface area contributed by atoms with Gasteiger partial charge in [0.25, 0.3) is 0 Å². The van der Waals surface area contributed by atoms with Crippen LogP contribution < -0.4 is 4.74 Å². The Bertz CT molecular complexity index is 1280. The van der Waals surface area contributed by atoms with Crippen molar-refractivity contribution in [1.29, 1.82) is 0 Å². The minimum Gasteiger partial charge on any atom is -0.406 e. The van der Waals surface area contributed by atoms with Crippen molar-refractivity contribution in [3.63, 3.8) is 0 Å². The second kappa shape index (κ2) is 8.39. The summed E-state index contributed by atoms with van der Waals surface area (Å²) in [5.41, 5.74) is 3.81. The lowest BCUT2D eigenvalue weighted by molar-refractivity contribution is -0.274. The minimum atomic E-state index is -4.77. The van der Waals surface area contributed by atoms with Crippen molar-refractivity contribution in [1.82, 2.24) is 9.97 Å². The van der Waals surface area contributed by atoms with E-state index in [2.05, 4.69) is 14.7 Å². The highest BCUT2D eigenvalue weighted by atomic mass is 19.4. The normalized spacial score (nSPS) is 11.7. The molecule has 1 aromatic heterocycles. The average molecular weight is 420 g/mol. The second-order valence-corrected chi connectivity index (χ2v) is 6.66. The third-order valence-electron chi connectivity index (χ3n) is 4.47. The second-order valence-electron chi connectivity index (χ2n) is 6.66. The van der Waals surface area contributed by atoms with Gasteiger partial charge in [-0.3, -0.25) is 14.8 Å². The summed E-state index contributed by atoms with van der Waals surface area (Å²) in [6.45, 7) is 0. The SMILES string of the molecule is O=C(/C=C/c1ccc2nccnc2c1)c1cccc(-c2cccc(OC(F)(F)F)c2)c1. The van der Waals surface area contributed by atoms with Crippen LogP contribution in [-0.2, 0) is 0 Å². The summed E-state index contributed by atoms with van der Waals surface area (Å²) in [5, 5.41) is 0. The van der Waals surface area contributed by atoms with E-state index < -0.39 is 6.36 Å². The molecule has 0 aliphatic heterocycles. The van der Waals surface area contributed by atoms with E-state index in [-0.39, 0.29) is 11.5 Å². The summed E-state index contributed by atoms with van der Waals surface area (Å²) in [5.74, 6) is -0.551. The first-order chi connectivity index (χ1) is 14.9. The van der Waals surface area contributed by atoms with Crippen molar-refractivity contribution >= 4 is 22.9 Å². The van der Waals surface area contributed by atoms with Crippen LogP contribution in [0.5, 0.6) is 5.75 Å². The van der Waals surface area contributed by atoms with Gasteiger partial charge >= 0.3 is 6.36 Å². The number of fused-ring (bicyclic) bond motifs is 1. The van der Waals surface area contributed by atoms with Crippen LogP contribution in [0.1, 0.15) is 15.9 Å². The summed E-state index contributed by atoms with van der Waals surface area (Å²) in [7, 11) is 0. The molecule has 0 aliphatic rings. The van der Waals surface area contributed by atoms with Crippen molar-refractivity contribution in [3.8, 4) is 16.9 Å². The first-order valence-electron chi connectivity index (χ1n) is 9.27. The minimum absolute atomic E-state index is 0.233. The van der Waals surface area contributed by atoms with Gasteiger partial charge in [-0.25, -0.2) is 0 Å². The molecule has 31 heavy (non-hydrogen) atoms. The Hall–Kier alpha value is -4.00. The Morgan fingerprint density at radius 1 is 0.839 bits per heavy atom. The van der Waals surface area contributed by atoms with Crippen LogP contribution in [0.15, 0.2) is 85.2 Å². The number of carbonyl (C=O) groups is 1. The number of benzene rings is 3. The third-order valence-corrected chi connectivity index (χ3v) is 4.47. The summed E-state index contributed by atoms with van der Waals surface area (Å²) in [4.78, 5) is 21.1. The Morgan fingerprint density at radius 3 is 2.32 bits per heavy atom. The van der Waals surface area contributed by atoms with E-state index in [1.54, 1.807) is 48.8 Å². The summed E-state index contributed by atoms with van der Waals surface area (Å²) in [6, 6.07) is 17.8. The molecule has 0 unspecified atom stereocenters. The van der Waals surface area contributed by atoms with E-state index in [4.69, 9.17) is 0 Å². The fourth-order valence-electron chi connectivity index (χ4n) is 3.08. The van der Waals surface area contributed by atoms with Crippen molar-refractivity contribution in [2.24, 2.45) is 0 Å². The molecule has 0 bridgehead atoms. The number of rotatable bonds is 5. The molecule has 0 saturated carbocycles. The molecule has 1 heterocycles. The van der Waals surface area contributed by atoms with Crippen molar-refractivity contribution < 1.29 is 22.7 Å². The molecule has 3 aromatic carbocycles. The maximum absolute atomic E-state index is 12.6. The Kier molecular flexibility index (Phi) is 5.49. The highest BCUT2D eigenvalue weighted by Crippen LogP contribution is 2.28. The van der Waals surface area contributed by atoms with E-state index in [0.29, 0.717) is 16.7 Å². The van der Waals surface area contributed by atoms with Crippen LogP contribution in [0, 0.1) is 0 Å². The molecular weight excluding hydrogens is 405 g/mol. The number of ether oxygens (including phenoxy) is 1. The molecule has 0 amide bonds. The van der Waals surface area contributed by atoms with Gasteiger partial charge < -0.3 is 4.74 Å². The van der Waals surface area contributed by atoms with Gasteiger partial charge in [-0.05, 0) is 53.1 Å². The predicted octanol–water partition coefficient (Wildman–Crippen LogP) is 6.09. The van der Waals surface area contributed by atoms with Crippen LogP contribution in [-0.4, -0.2) is 22.1 Å². The Labute approximate surface area is 175 Å². The molecule has 0 atom stereocenters. The number of hydrogen-bond acceptors (Lipinski definition) is 4. The van der Waals surface area contributed by atoms with Gasteiger partial charge in [0.1, 0.15) is 5.75 Å². The van der Waals surface area contributed by atoms with E-state index in [1.807, 2.05) is 18.2 Å². The number of halogens is 3. The number of carbonyl (C=O) groups excluding carboxylic acids is 1. The molecule has 7 heteroatoms. The Morgan fingerprint density at radius 2 is 1.55 bits per heavy atom. The van der Waals surface area contributed by atoms with Gasteiger partial charge in [-0.15, -0.1) is 13.2 Å². The summed E-state index contributed by atoms with van der Waals surface area (Å²) >= 11 is 0. The summed E-state index contributed by atoms with van der Waals surface area (Å²) < 4.78 is 41.4. The van der Waals surface area contributed by atoms with Gasteiger partial charge in [0.05, 0.1) is 11.0 Å². The quantitative estimate of drug-likeness (QED) is 0.290. The molecule has 154 valence electrons. The third kappa shape index (κ3) is 5.14. The van der Waals surface area contributed by atoms with Crippen LogP contribution in [0.4, 0.5) is 13.2 Å². The van der Waals surface area contributed by atoms with E-state index in [1.165, 1.54) is 24.3 Å². The van der Waals surface area contributed by atoms with E-state index in [9.17, 15) is 18.0 Å². The molecule has 0 N–H and O–H groups in total. The van der Waals surface area contributed by atoms with Crippen molar-refractivity contribution in [2.75, 3.05) is 0 Å². The van der Waals surface area contributed by atoms with Crippen molar-refractivity contribution in [3.05, 3.63) is 96.3 Å². The number of aromatic nitrogens is 2. The largest absolute Gasteiger partial charge is 0.573 e. The fraction of sp³-hybridized carbons (Fsp3) is 0.0417. The van der Waals surface area contributed by atoms with Gasteiger partial charge in [-0.2, -0.15) is 0 Å². The number of hydrogen-bond donors (Lipinski definition) is 0. The van der Waals surface area contributed by atoms with Gasteiger partial charge in [0.15, 0.2) is 5.78 Å². The van der Waals surface area contributed by atoms with Gasteiger partial charge in [0.2, 0.25) is 0 Å². The maximum atomic E-state index is 12.6. The van der Waals surface area contributed by atoms with E-state index >= 15 is 0 Å². The molecular formula is C24H15F3N2O2. The summed E-state index contributed by atoms with van der Waals surface area (Å²) in [6.07, 6.45) is 1.57. The molecule has 4 aromatic rings. The standard InChI is InChI=1S/C24H15F3N2O2/c25-24(26,27)31-20-6-2-4-18(15-20)17-3-1-5-19(14-17)23(30)10-8-16-7-9-21-22(13-16)29-12-11-28-21/h1-15H/b10-8+. The zero-order chi connectivity index (χ0) is 21.8. The fourth-order valence-corrected chi connectivity index (χ4v) is 3.08. The average Bonchev–Trinajstić information content (AvgIpc) is 2.76. The molecule has 0 saturated heterocycles. The Balaban J connectivity index is 1.55. The highest BCUT2D eigenvalue weighted by molar-refractivity contribution is 6.07. The van der Waals surface area contributed by atoms with Crippen LogP contribution >= 0.6 is 0 Å². The topological polar surface area (TPSA) is 52.1 Å². The highest BCUT2D eigenvalue weighted by Gasteiger charge is 2.31. The molecule has 0 aliphatic carbocycles. The lowest BCUT2D eigenvalue weighted by Crippen LogP contribution is -2.17. The van der Waals surface area contributed by atoms with Crippen LogP contribution in [0.25, 0.3) is 28.2 Å². The van der Waals surface area contributed by atoms with Gasteiger partial charge in [0, 0.05) is 18.0 Å². The number of nitrogens with zero attached hydrogens (tertiary/aromatic N) is 2. The predicted molar refractivity (Wildman–Crippen MR) is 111 cm³/mol. The molecule has 0 radical (unpaired) electrons. The molecule has 0 spiro atoms. The molecule has 0 fully saturated rings. The zero-order valence-electron chi connectivity index (χ0n) is 16.0. The lowest BCUT2D eigenvalue weighted by Gasteiger charge is -2.10. The molecule has 4 nitrogen and oxygen atoms in total. The smallest absolute Gasteiger partial charge is 0.406 e.